The maximum Gasteiger partial charge on any atom is 0.240 e. The van der Waals surface area contributed by atoms with E-state index in [1.807, 2.05) is 17.5 Å². The van der Waals surface area contributed by atoms with Crippen LogP contribution in [0.5, 0.6) is 0 Å². The van der Waals surface area contributed by atoms with Crippen LogP contribution in [0.2, 0.25) is 0 Å². The Kier molecular flexibility index (Phi) is 5.40. The van der Waals surface area contributed by atoms with E-state index in [1.54, 1.807) is 36.7 Å². The fourth-order valence-corrected chi connectivity index (χ4v) is 4.20. The summed E-state index contributed by atoms with van der Waals surface area (Å²) in [5.41, 5.74) is 1.82. The molecule has 2 heterocycles. The highest BCUT2D eigenvalue weighted by molar-refractivity contribution is 9.10. The molecule has 0 saturated heterocycles. The molecule has 3 aromatic rings. The predicted molar refractivity (Wildman–Crippen MR) is 98.4 cm³/mol. The molecule has 0 aliphatic carbocycles. The molecule has 0 aliphatic rings. The number of nitrogens with one attached hydrogen (secondary N) is 1. The summed E-state index contributed by atoms with van der Waals surface area (Å²) in [5.74, 6) is 0. The Morgan fingerprint density at radius 1 is 1.17 bits per heavy atom. The number of thiazole rings is 1. The molecule has 0 atom stereocenters. The highest BCUT2D eigenvalue weighted by atomic mass is 79.9. The fourth-order valence-electron chi connectivity index (χ4n) is 2.05. The van der Waals surface area contributed by atoms with E-state index in [-0.39, 0.29) is 4.90 Å². The molecule has 0 aliphatic heterocycles. The summed E-state index contributed by atoms with van der Waals surface area (Å²) >= 11 is 4.82. The fraction of sp³-hybridized carbons (Fsp3) is 0.125. The molecule has 3 rings (SSSR count). The van der Waals surface area contributed by atoms with E-state index in [2.05, 4.69) is 30.6 Å². The smallest absolute Gasteiger partial charge is 0.240 e. The molecule has 5 nitrogen and oxygen atoms in total. The SMILES string of the molecule is O=S(=O)(NCCc1csc(-c2cccnc2)n1)c1ccc(Br)cc1. The summed E-state index contributed by atoms with van der Waals surface area (Å²) in [6.45, 7) is 0.300. The van der Waals surface area contributed by atoms with Crippen molar-refractivity contribution in [3.8, 4) is 10.6 Å². The standard InChI is InChI=1S/C16H14BrN3O2S2/c17-13-3-5-15(6-4-13)24(21,22)19-9-7-14-11-23-16(20-14)12-2-1-8-18-10-12/h1-6,8,10-11,19H,7,9H2. The lowest BCUT2D eigenvalue weighted by Crippen LogP contribution is -2.26. The molecule has 1 N–H and O–H groups in total. The molecular weight excluding hydrogens is 410 g/mol. The van der Waals surface area contributed by atoms with E-state index in [9.17, 15) is 8.42 Å². The van der Waals surface area contributed by atoms with Gasteiger partial charge in [0.1, 0.15) is 5.01 Å². The molecule has 0 bridgehead atoms. The Morgan fingerprint density at radius 3 is 2.67 bits per heavy atom. The van der Waals surface area contributed by atoms with Gasteiger partial charge in [0, 0.05) is 40.8 Å². The van der Waals surface area contributed by atoms with Crippen LogP contribution in [-0.2, 0) is 16.4 Å². The number of sulfonamides is 1. The third-order valence-electron chi connectivity index (χ3n) is 3.26. The summed E-state index contributed by atoms with van der Waals surface area (Å²) in [6, 6.07) is 10.4. The second kappa shape index (κ2) is 7.52. The Hall–Kier alpha value is -1.61. The summed E-state index contributed by atoms with van der Waals surface area (Å²) in [7, 11) is -3.50. The number of halogens is 1. The summed E-state index contributed by atoms with van der Waals surface area (Å²) < 4.78 is 27.9. The van der Waals surface area contributed by atoms with E-state index in [0.717, 1.165) is 20.7 Å². The van der Waals surface area contributed by atoms with Crippen LogP contribution in [0.4, 0.5) is 0 Å². The molecule has 0 unspecified atom stereocenters. The lowest BCUT2D eigenvalue weighted by atomic mass is 10.3. The van der Waals surface area contributed by atoms with Gasteiger partial charge in [0.15, 0.2) is 0 Å². The van der Waals surface area contributed by atoms with Crippen molar-refractivity contribution in [1.29, 1.82) is 0 Å². The molecule has 0 radical (unpaired) electrons. The first-order valence-corrected chi connectivity index (χ1v) is 10.3. The van der Waals surface area contributed by atoms with Gasteiger partial charge >= 0.3 is 0 Å². The molecule has 0 saturated carbocycles. The largest absolute Gasteiger partial charge is 0.264 e. The second-order valence-electron chi connectivity index (χ2n) is 4.99. The molecule has 0 spiro atoms. The number of pyridine rings is 1. The van der Waals surface area contributed by atoms with Crippen molar-refractivity contribution >= 4 is 37.3 Å². The van der Waals surface area contributed by atoms with Crippen LogP contribution in [0.15, 0.2) is 63.5 Å². The minimum Gasteiger partial charge on any atom is -0.264 e. The van der Waals surface area contributed by atoms with Gasteiger partial charge in [0.05, 0.1) is 10.6 Å². The lowest BCUT2D eigenvalue weighted by Gasteiger charge is -2.06. The van der Waals surface area contributed by atoms with Crippen molar-refractivity contribution in [2.75, 3.05) is 6.54 Å². The Labute approximate surface area is 153 Å². The number of rotatable bonds is 6. The van der Waals surface area contributed by atoms with Gasteiger partial charge in [-0.3, -0.25) is 4.98 Å². The third kappa shape index (κ3) is 4.27. The van der Waals surface area contributed by atoms with Crippen molar-refractivity contribution in [2.45, 2.75) is 11.3 Å². The quantitative estimate of drug-likeness (QED) is 0.658. The van der Waals surface area contributed by atoms with Gasteiger partial charge in [-0.1, -0.05) is 15.9 Å². The molecule has 0 amide bonds. The zero-order chi connectivity index (χ0) is 17.0. The van der Waals surface area contributed by atoms with Gasteiger partial charge in [0.25, 0.3) is 0 Å². The van der Waals surface area contributed by atoms with Gasteiger partial charge < -0.3 is 0 Å². The Morgan fingerprint density at radius 2 is 1.96 bits per heavy atom. The number of nitrogens with zero attached hydrogens (tertiary/aromatic N) is 2. The zero-order valence-corrected chi connectivity index (χ0v) is 15.7. The molecule has 1 aromatic carbocycles. The molecule has 24 heavy (non-hydrogen) atoms. The average Bonchev–Trinajstić information content (AvgIpc) is 3.05. The minimum absolute atomic E-state index is 0.250. The van der Waals surface area contributed by atoms with Crippen LogP contribution in [-0.4, -0.2) is 24.9 Å². The lowest BCUT2D eigenvalue weighted by molar-refractivity contribution is 0.581. The van der Waals surface area contributed by atoms with Crippen molar-refractivity contribution in [1.82, 2.24) is 14.7 Å². The molecule has 8 heteroatoms. The van der Waals surface area contributed by atoms with Crippen molar-refractivity contribution in [3.63, 3.8) is 0 Å². The van der Waals surface area contributed by atoms with Crippen molar-refractivity contribution in [2.24, 2.45) is 0 Å². The van der Waals surface area contributed by atoms with Crippen LogP contribution < -0.4 is 4.72 Å². The minimum atomic E-state index is -3.50. The topological polar surface area (TPSA) is 72.0 Å². The van der Waals surface area contributed by atoms with Crippen LogP contribution in [0, 0.1) is 0 Å². The maximum absolute atomic E-state index is 12.2. The number of hydrogen-bond acceptors (Lipinski definition) is 5. The van der Waals surface area contributed by atoms with Gasteiger partial charge in [-0.05, 0) is 36.4 Å². The van der Waals surface area contributed by atoms with Crippen LogP contribution in [0.3, 0.4) is 0 Å². The highest BCUT2D eigenvalue weighted by Crippen LogP contribution is 2.22. The second-order valence-corrected chi connectivity index (χ2v) is 8.53. The first kappa shape index (κ1) is 17.2. The van der Waals surface area contributed by atoms with Crippen molar-refractivity contribution < 1.29 is 8.42 Å². The Balaban J connectivity index is 1.60. The molecular formula is C16H14BrN3O2S2. The number of hydrogen-bond donors (Lipinski definition) is 1. The van der Waals surface area contributed by atoms with Gasteiger partial charge in [-0.2, -0.15) is 0 Å². The molecule has 0 fully saturated rings. The first-order chi connectivity index (χ1) is 11.5. The van der Waals surface area contributed by atoms with E-state index in [4.69, 9.17) is 0 Å². The predicted octanol–water partition coefficient (Wildman–Crippen LogP) is 3.49. The van der Waals surface area contributed by atoms with E-state index >= 15 is 0 Å². The third-order valence-corrected chi connectivity index (χ3v) is 6.20. The van der Waals surface area contributed by atoms with Crippen LogP contribution in [0.1, 0.15) is 5.69 Å². The van der Waals surface area contributed by atoms with E-state index in [1.165, 1.54) is 11.3 Å². The van der Waals surface area contributed by atoms with Crippen LogP contribution >= 0.6 is 27.3 Å². The summed E-state index contributed by atoms with van der Waals surface area (Å²) in [5, 5.41) is 2.82. The first-order valence-electron chi connectivity index (χ1n) is 7.15. The van der Waals surface area contributed by atoms with Crippen molar-refractivity contribution in [3.05, 3.63) is 64.3 Å². The monoisotopic (exact) mass is 423 g/mol. The number of aromatic nitrogens is 2. The maximum atomic E-state index is 12.2. The Bertz CT molecular complexity index is 910. The molecule has 124 valence electrons. The van der Waals surface area contributed by atoms with Gasteiger partial charge in [-0.25, -0.2) is 18.1 Å². The number of benzene rings is 1. The van der Waals surface area contributed by atoms with Gasteiger partial charge in [0.2, 0.25) is 10.0 Å². The van der Waals surface area contributed by atoms with Crippen LogP contribution in [0.25, 0.3) is 10.6 Å². The molecule has 2 aromatic heterocycles. The van der Waals surface area contributed by atoms with E-state index < -0.39 is 10.0 Å². The van der Waals surface area contributed by atoms with Gasteiger partial charge in [-0.15, -0.1) is 11.3 Å². The summed E-state index contributed by atoms with van der Waals surface area (Å²) in [6.07, 6.45) is 4.01. The zero-order valence-electron chi connectivity index (χ0n) is 12.5. The normalized spacial score (nSPS) is 11.5. The average molecular weight is 424 g/mol. The summed E-state index contributed by atoms with van der Waals surface area (Å²) in [4.78, 5) is 8.85. The van der Waals surface area contributed by atoms with E-state index in [0.29, 0.717) is 13.0 Å². The highest BCUT2D eigenvalue weighted by Gasteiger charge is 2.13.